The molecule has 9 heteroatoms. The first kappa shape index (κ1) is 23.0. The topological polar surface area (TPSA) is 112 Å². The number of benzene rings is 1. The van der Waals surface area contributed by atoms with Gasteiger partial charge in [0.2, 0.25) is 5.91 Å². The predicted molar refractivity (Wildman–Crippen MR) is 115 cm³/mol. The Kier molecular flexibility index (Phi) is 8.96. The fourth-order valence-electron chi connectivity index (χ4n) is 4.38. The summed E-state index contributed by atoms with van der Waals surface area (Å²) in [5.41, 5.74) is 1.68. The molecule has 1 saturated carbocycles. The van der Waals surface area contributed by atoms with E-state index in [1.165, 1.54) is 0 Å². The van der Waals surface area contributed by atoms with Gasteiger partial charge < -0.3 is 35.5 Å². The van der Waals surface area contributed by atoms with Gasteiger partial charge in [-0.25, -0.2) is 0 Å². The molecule has 1 aromatic rings. The molecular formula is C21H34BN3O5. The van der Waals surface area contributed by atoms with Gasteiger partial charge in [-0.15, -0.1) is 0 Å². The highest BCUT2D eigenvalue weighted by atomic mass is 16.6. The van der Waals surface area contributed by atoms with Crippen LogP contribution in [-0.4, -0.2) is 62.1 Å². The normalized spacial score (nSPS) is 23.6. The maximum Gasteiger partial charge on any atom is 0.547 e. The number of hydrogen-bond acceptors (Lipinski definition) is 7. The average Bonchev–Trinajstić information content (AvgIpc) is 2.74. The first-order chi connectivity index (χ1) is 14.6. The Bertz CT molecular complexity index is 685. The minimum absolute atomic E-state index is 0.0301. The molecule has 1 heterocycles. The summed E-state index contributed by atoms with van der Waals surface area (Å²) in [5, 5.41) is 28.9. The standard InChI is InChI=1S/C21H34BN3O5/c1-23-9-10-24-18-7-5-15(6-8-18)11-20(27)25-19-12-16-3-2-4-17(13-29-14-26)21(16)30-22(19)28/h2-4,15,18-19,23-24,26,28H,5-14H2,1H3,(H,25,27)/t15-,18-,19-/m0/s1. The lowest BCUT2D eigenvalue weighted by atomic mass is 9.72. The lowest BCUT2D eigenvalue weighted by molar-refractivity contribution is -0.122. The van der Waals surface area contributed by atoms with Gasteiger partial charge in [0.1, 0.15) is 12.5 Å². The summed E-state index contributed by atoms with van der Waals surface area (Å²) in [5.74, 6) is 0.465. The minimum Gasteiger partial charge on any atom is -0.534 e. The SMILES string of the molecule is CNCCN[C@H]1CC[C@H](CC(=O)N[C@H]2Cc3cccc(COCO)c3OB2O)CC1. The molecule has 0 spiro atoms. The molecule has 0 saturated heterocycles. The fourth-order valence-corrected chi connectivity index (χ4v) is 4.38. The van der Waals surface area contributed by atoms with Crippen molar-refractivity contribution in [2.75, 3.05) is 26.9 Å². The van der Waals surface area contributed by atoms with E-state index in [9.17, 15) is 9.82 Å². The zero-order chi connectivity index (χ0) is 21.3. The quantitative estimate of drug-likeness (QED) is 0.211. The van der Waals surface area contributed by atoms with E-state index in [-0.39, 0.29) is 19.3 Å². The van der Waals surface area contributed by atoms with Crippen molar-refractivity contribution in [2.45, 2.75) is 57.1 Å². The molecular weight excluding hydrogens is 385 g/mol. The molecule has 0 bridgehead atoms. The summed E-state index contributed by atoms with van der Waals surface area (Å²) >= 11 is 0. The maximum atomic E-state index is 12.6. The molecule has 1 aliphatic carbocycles. The highest BCUT2D eigenvalue weighted by Gasteiger charge is 2.37. The van der Waals surface area contributed by atoms with Gasteiger partial charge in [-0.3, -0.25) is 4.79 Å². The number of hydrogen-bond donors (Lipinski definition) is 5. The van der Waals surface area contributed by atoms with Crippen molar-refractivity contribution in [3.8, 4) is 5.75 Å². The van der Waals surface area contributed by atoms with Gasteiger partial charge in [0, 0.05) is 31.1 Å². The molecule has 0 radical (unpaired) electrons. The van der Waals surface area contributed by atoms with Crippen molar-refractivity contribution in [2.24, 2.45) is 5.92 Å². The third-order valence-corrected chi connectivity index (χ3v) is 6.02. The molecule has 1 fully saturated rings. The van der Waals surface area contributed by atoms with Crippen LogP contribution in [0.4, 0.5) is 0 Å². The average molecular weight is 419 g/mol. The number of aliphatic hydroxyl groups is 1. The molecule has 2 aliphatic rings. The van der Waals surface area contributed by atoms with Crippen molar-refractivity contribution in [3.05, 3.63) is 29.3 Å². The van der Waals surface area contributed by atoms with Crippen LogP contribution in [0.5, 0.6) is 5.75 Å². The molecule has 1 atom stereocenters. The number of likely N-dealkylation sites (N-methyl/N-ethyl adjacent to an activating group) is 1. The molecule has 3 rings (SSSR count). The van der Waals surface area contributed by atoms with Crippen molar-refractivity contribution < 1.29 is 24.3 Å². The van der Waals surface area contributed by atoms with Gasteiger partial charge in [-0.1, -0.05) is 18.2 Å². The third-order valence-electron chi connectivity index (χ3n) is 6.02. The van der Waals surface area contributed by atoms with E-state index in [0.717, 1.165) is 49.9 Å². The molecule has 30 heavy (non-hydrogen) atoms. The minimum atomic E-state index is -1.11. The second kappa shape index (κ2) is 11.7. The van der Waals surface area contributed by atoms with Gasteiger partial charge in [-0.05, 0) is 50.6 Å². The van der Waals surface area contributed by atoms with E-state index in [0.29, 0.717) is 30.6 Å². The van der Waals surface area contributed by atoms with Crippen LogP contribution in [0.3, 0.4) is 0 Å². The summed E-state index contributed by atoms with van der Waals surface area (Å²) in [4.78, 5) is 12.6. The number of aliphatic hydroxyl groups excluding tert-OH is 1. The zero-order valence-corrected chi connectivity index (χ0v) is 17.7. The molecule has 1 amide bonds. The lowest BCUT2D eigenvalue weighted by Gasteiger charge is -2.31. The highest BCUT2D eigenvalue weighted by molar-refractivity contribution is 6.46. The molecule has 8 nitrogen and oxygen atoms in total. The van der Waals surface area contributed by atoms with Gasteiger partial charge in [0.15, 0.2) is 0 Å². The molecule has 0 aromatic heterocycles. The Labute approximate surface area is 178 Å². The highest BCUT2D eigenvalue weighted by Crippen LogP contribution is 2.31. The Morgan fingerprint density at radius 3 is 2.80 bits per heavy atom. The molecule has 1 aromatic carbocycles. The van der Waals surface area contributed by atoms with E-state index < -0.39 is 13.1 Å². The summed E-state index contributed by atoms with van der Waals surface area (Å²) in [7, 11) is 0.846. The fraction of sp³-hybridized carbons (Fsp3) is 0.667. The number of fused-ring (bicyclic) bond motifs is 1. The predicted octanol–water partition coefficient (Wildman–Crippen LogP) is 0.350. The molecule has 0 unspecified atom stereocenters. The van der Waals surface area contributed by atoms with E-state index in [2.05, 4.69) is 16.0 Å². The van der Waals surface area contributed by atoms with Gasteiger partial charge in [0.05, 0.1) is 12.5 Å². The Balaban J connectivity index is 1.46. The number of nitrogens with one attached hydrogen (secondary N) is 3. The summed E-state index contributed by atoms with van der Waals surface area (Å²) in [6, 6.07) is 6.19. The van der Waals surface area contributed by atoms with Crippen molar-refractivity contribution in [1.29, 1.82) is 0 Å². The third kappa shape index (κ3) is 6.42. The smallest absolute Gasteiger partial charge is 0.534 e. The number of carbonyl (C=O) groups is 1. The summed E-state index contributed by atoms with van der Waals surface area (Å²) in [6.45, 7) is 1.77. The van der Waals surface area contributed by atoms with Crippen LogP contribution < -0.4 is 20.6 Å². The van der Waals surface area contributed by atoms with E-state index >= 15 is 0 Å². The van der Waals surface area contributed by atoms with Gasteiger partial charge in [-0.2, -0.15) is 0 Å². The first-order valence-corrected chi connectivity index (χ1v) is 10.9. The van der Waals surface area contributed by atoms with Crippen LogP contribution in [0, 0.1) is 5.92 Å². The van der Waals surface area contributed by atoms with Crippen molar-refractivity contribution >= 4 is 13.0 Å². The summed E-state index contributed by atoms with van der Waals surface area (Å²) in [6.07, 6.45) is 5.28. The van der Waals surface area contributed by atoms with Crippen LogP contribution in [0.2, 0.25) is 0 Å². The Hall–Kier alpha value is -1.65. The molecule has 166 valence electrons. The van der Waals surface area contributed by atoms with Gasteiger partial charge in [0.25, 0.3) is 0 Å². The number of para-hydroxylation sites is 1. The second-order valence-corrected chi connectivity index (χ2v) is 8.25. The van der Waals surface area contributed by atoms with Gasteiger partial charge >= 0.3 is 7.12 Å². The first-order valence-electron chi connectivity index (χ1n) is 10.9. The largest absolute Gasteiger partial charge is 0.547 e. The lowest BCUT2D eigenvalue weighted by Crippen LogP contribution is -2.53. The van der Waals surface area contributed by atoms with Crippen molar-refractivity contribution in [1.82, 2.24) is 16.0 Å². The summed E-state index contributed by atoms with van der Waals surface area (Å²) < 4.78 is 10.7. The van der Waals surface area contributed by atoms with E-state index in [4.69, 9.17) is 14.5 Å². The molecule has 5 N–H and O–H groups in total. The van der Waals surface area contributed by atoms with Crippen LogP contribution >= 0.6 is 0 Å². The Morgan fingerprint density at radius 1 is 1.27 bits per heavy atom. The Morgan fingerprint density at radius 2 is 2.07 bits per heavy atom. The zero-order valence-electron chi connectivity index (χ0n) is 17.7. The van der Waals surface area contributed by atoms with E-state index in [1.54, 1.807) is 0 Å². The van der Waals surface area contributed by atoms with Crippen molar-refractivity contribution in [3.63, 3.8) is 0 Å². The van der Waals surface area contributed by atoms with Crippen LogP contribution in [0.1, 0.15) is 43.2 Å². The van der Waals surface area contributed by atoms with Crippen LogP contribution in [0.15, 0.2) is 18.2 Å². The second-order valence-electron chi connectivity index (χ2n) is 8.25. The number of amides is 1. The van der Waals surface area contributed by atoms with Crippen LogP contribution in [0.25, 0.3) is 0 Å². The molecule has 1 aliphatic heterocycles. The maximum absolute atomic E-state index is 12.6. The number of rotatable bonds is 10. The van der Waals surface area contributed by atoms with E-state index in [1.807, 2.05) is 25.2 Å². The number of ether oxygens (including phenoxy) is 1. The monoisotopic (exact) mass is 419 g/mol. The number of carbonyl (C=O) groups excluding carboxylic acids is 1. The van der Waals surface area contributed by atoms with Crippen LogP contribution in [-0.2, 0) is 22.6 Å².